The van der Waals surface area contributed by atoms with Crippen LogP contribution in [0.15, 0.2) is 41.3 Å². The van der Waals surface area contributed by atoms with Gasteiger partial charge in [0.25, 0.3) is 11.8 Å². The number of carbonyl (C=O) groups is 2. The summed E-state index contributed by atoms with van der Waals surface area (Å²) < 4.78 is 51.6. The molecule has 32 heavy (non-hydrogen) atoms. The van der Waals surface area contributed by atoms with E-state index in [4.69, 9.17) is 4.11 Å². The summed E-state index contributed by atoms with van der Waals surface area (Å²) in [5.41, 5.74) is -5.01. The number of rotatable bonds is 3. The molecule has 2 aliphatic rings. The first-order valence-electron chi connectivity index (χ1n) is 11.2. The highest BCUT2D eigenvalue weighted by atomic mass is 19.1. The Morgan fingerprint density at radius 2 is 2.12 bits per heavy atom. The Kier molecular flexibility index (Phi) is 4.27. The maximum atomic E-state index is 13.9. The monoisotopic (exact) mass is 448 g/mol. The molecule has 0 unspecified atom stereocenters. The molecule has 3 N–H and O–H groups in total. The van der Waals surface area contributed by atoms with Crippen molar-refractivity contribution in [2.75, 3.05) is 6.54 Å². The van der Waals surface area contributed by atoms with Gasteiger partial charge >= 0.3 is 0 Å². The fourth-order valence-electron chi connectivity index (χ4n) is 3.87. The lowest BCUT2D eigenvalue weighted by molar-refractivity contribution is 0.0205. The maximum Gasteiger partial charge on any atom is 0.275 e. The number of nitrogens with zero attached hydrogens (tertiary/aromatic N) is 2. The SMILES string of the molecule is [2H]C([2H])([2H])[C@]1(O)C=C[C@H](C)N2C[C@H]1n1cc(C(=O)NCc3ccc(F)cc3F)c(=O)c(O)c1C2=O. The third-order valence-corrected chi connectivity index (χ3v) is 5.71. The third-order valence-electron chi connectivity index (χ3n) is 5.71. The van der Waals surface area contributed by atoms with Gasteiger partial charge in [0.1, 0.15) is 22.8 Å². The summed E-state index contributed by atoms with van der Waals surface area (Å²) in [4.78, 5) is 39.8. The lowest BCUT2D eigenvalue weighted by Crippen LogP contribution is -2.51. The molecule has 0 saturated heterocycles. The van der Waals surface area contributed by atoms with E-state index in [0.29, 0.717) is 6.07 Å². The minimum atomic E-state index is -2.97. The minimum absolute atomic E-state index is 0.0764. The number of hydrogen-bond donors (Lipinski definition) is 3. The van der Waals surface area contributed by atoms with Crippen molar-refractivity contribution >= 4 is 11.8 Å². The highest BCUT2D eigenvalue weighted by Crippen LogP contribution is 2.36. The van der Waals surface area contributed by atoms with Crippen LogP contribution in [0, 0.1) is 11.6 Å². The molecule has 2 bridgehead atoms. The average Bonchev–Trinajstić information content (AvgIpc) is 2.89. The quantitative estimate of drug-likeness (QED) is 0.616. The Labute approximate surface area is 185 Å². The van der Waals surface area contributed by atoms with Gasteiger partial charge in [0.05, 0.1) is 6.04 Å². The average molecular weight is 448 g/mol. The zero-order chi connectivity index (χ0) is 25.9. The number of aliphatic hydroxyl groups is 1. The number of hydrogen-bond acceptors (Lipinski definition) is 5. The number of benzene rings is 1. The predicted octanol–water partition coefficient (Wildman–Crippen LogP) is 1.47. The molecule has 168 valence electrons. The van der Waals surface area contributed by atoms with Crippen LogP contribution in [0.4, 0.5) is 8.78 Å². The van der Waals surface area contributed by atoms with Crippen molar-refractivity contribution in [1.82, 2.24) is 14.8 Å². The molecule has 3 heterocycles. The van der Waals surface area contributed by atoms with Gasteiger partial charge < -0.3 is 25.0 Å². The van der Waals surface area contributed by atoms with Gasteiger partial charge in [-0.2, -0.15) is 0 Å². The molecule has 0 saturated carbocycles. The molecule has 8 nitrogen and oxygen atoms in total. The van der Waals surface area contributed by atoms with E-state index in [1.165, 1.54) is 11.0 Å². The number of amides is 2. The number of aromatic hydroxyl groups is 1. The second kappa shape index (κ2) is 7.56. The first-order chi connectivity index (χ1) is 16.3. The normalized spacial score (nSPS) is 25.9. The van der Waals surface area contributed by atoms with Crippen molar-refractivity contribution in [3.63, 3.8) is 0 Å². The van der Waals surface area contributed by atoms with Crippen LogP contribution < -0.4 is 10.7 Å². The van der Waals surface area contributed by atoms with E-state index in [0.717, 1.165) is 29.0 Å². The molecule has 2 amide bonds. The summed E-state index contributed by atoms with van der Waals surface area (Å²) in [6.07, 6.45) is 3.30. The smallest absolute Gasteiger partial charge is 0.275 e. The standard InChI is InChI=1S/C22H21F2N3O5/c1-11-5-6-22(2,32)16-10-26(11)21(31)17-19(29)18(28)14(9-27(16)17)20(30)25-8-12-3-4-13(23)7-15(12)24/h3-7,9,11,16,29,32H,8,10H2,1-2H3,(H,25,30)/t11-,16+,22-/m0/s1/i2D3. The fourth-order valence-corrected chi connectivity index (χ4v) is 3.87. The van der Waals surface area contributed by atoms with Crippen LogP contribution in [-0.4, -0.2) is 49.7 Å². The number of pyridine rings is 1. The van der Waals surface area contributed by atoms with Gasteiger partial charge in [-0.15, -0.1) is 0 Å². The highest BCUT2D eigenvalue weighted by molar-refractivity contribution is 5.99. The zero-order valence-corrected chi connectivity index (χ0v) is 16.8. The molecule has 0 radical (unpaired) electrons. The molecule has 1 aromatic heterocycles. The lowest BCUT2D eigenvalue weighted by Gasteiger charge is -2.41. The van der Waals surface area contributed by atoms with Gasteiger partial charge in [0, 0.05) is 41.1 Å². The van der Waals surface area contributed by atoms with Crippen molar-refractivity contribution in [1.29, 1.82) is 0 Å². The van der Waals surface area contributed by atoms with Crippen molar-refractivity contribution in [3.05, 3.63) is 75.2 Å². The van der Waals surface area contributed by atoms with Gasteiger partial charge in [-0.05, 0) is 19.8 Å². The lowest BCUT2D eigenvalue weighted by atomic mass is 9.93. The van der Waals surface area contributed by atoms with Crippen LogP contribution in [-0.2, 0) is 6.54 Å². The Morgan fingerprint density at radius 3 is 2.81 bits per heavy atom. The molecular weight excluding hydrogens is 424 g/mol. The van der Waals surface area contributed by atoms with Gasteiger partial charge in [0.15, 0.2) is 11.4 Å². The molecule has 2 aromatic rings. The van der Waals surface area contributed by atoms with E-state index < -0.39 is 77.0 Å². The molecule has 3 atom stereocenters. The number of carbonyl (C=O) groups excluding carboxylic acids is 2. The number of fused-ring (bicyclic) bond motifs is 4. The summed E-state index contributed by atoms with van der Waals surface area (Å²) >= 11 is 0. The van der Waals surface area contributed by atoms with Crippen molar-refractivity contribution in [2.45, 2.75) is 38.0 Å². The van der Waals surface area contributed by atoms with Gasteiger partial charge in [-0.1, -0.05) is 18.2 Å². The number of nitrogens with one attached hydrogen (secondary N) is 1. The zero-order valence-electron chi connectivity index (χ0n) is 19.8. The van der Waals surface area contributed by atoms with E-state index in [-0.39, 0.29) is 12.1 Å². The van der Waals surface area contributed by atoms with Crippen LogP contribution in [0.5, 0.6) is 5.75 Å². The number of halogens is 2. The first-order valence-corrected chi connectivity index (χ1v) is 9.69. The Hall–Kier alpha value is -3.53. The molecule has 0 fully saturated rings. The number of aromatic nitrogens is 1. The van der Waals surface area contributed by atoms with Crippen molar-refractivity contribution < 1.29 is 32.7 Å². The summed E-state index contributed by atoms with van der Waals surface area (Å²) in [6.45, 7) is -2.09. The van der Waals surface area contributed by atoms with E-state index in [1.54, 1.807) is 6.92 Å². The molecule has 4 rings (SSSR count). The molecule has 1 aromatic carbocycles. The van der Waals surface area contributed by atoms with Crippen molar-refractivity contribution in [3.8, 4) is 5.75 Å². The largest absolute Gasteiger partial charge is 0.503 e. The van der Waals surface area contributed by atoms with Crippen LogP contribution in [0.1, 0.15) is 50.3 Å². The van der Waals surface area contributed by atoms with E-state index in [2.05, 4.69) is 5.32 Å². The van der Waals surface area contributed by atoms with E-state index in [1.807, 2.05) is 0 Å². The molecule has 0 aliphatic carbocycles. The predicted molar refractivity (Wildman–Crippen MR) is 109 cm³/mol. The van der Waals surface area contributed by atoms with Gasteiger partial charge in [-0.3, -0.25) is 14.4 Å². The Bertz CT molecular complexity index is 1330. The molecule has 2 aliphatic heterocycles. The van der Waals surface area contributed by atoms with E-state index in [9.17, 15) is 33.4 Å². The van der Waals surface area contributed by atoms with Crippen LogP contribution in [0.3, 0.4) is 0 Å². The highest BCUT2D eigenvalue weighted by Gasteiger charge is 2.44. The minimum Gasteiger partial charge on any atom is -0.503 e. The Balaban J connectivity index is 1.80. The second-order valence-corrected chi connectivity index (χ2v) is 7.79. The van der Waals surface area contributed by atoms with Crippen LogP contribution in [0.2, 0.25) is 0 Å². The van der Waals surface area contributed by atoms with Crippen molar-refractivity contribution in [2.24, 2.45) is 0 Å². The van der Waals surface area contributed by atoms with Crippen LogP contribution >= 0.6 is 0 Å². The topological polar surface area (TPSA) is 112 Å². The van der Waals surface area contributed by atoms with Gasteiger partial charge in [-0.25, -0.2) is 8.78 Å². The maximum absolute atomic E-state index is 13.9. The second-order valence-electron chi connectivity index (χ2n) is 7.79. The van der Waals surface area contributed by atoms with Crippen LogP contribution in [0.25, 0.3) is 0 Å². The first kappa shape index (κ1) is 18.1. The van der Waals surface area contributed by atoms with Gasteiger partial charge in [0.2, 0.25) is 5.43 Å². The fraction of sp³-hybridized carbons (Fsp3) is 0.318. The Morgan fingerprint density at radius 1 is 1.38 bits per heavy atom. The molecular formula is C22H21F2N3O5. The molecule has 10 heteroatoms. The summed E-state index contributed by atoms with van der Waals surface area (Å²) in [5, 5.41) is 24.1. The summed E-state index contributed by atoms with van der Waals surface area (Å²) in [6, 6.07) is 0.673. The summed E-state index contributed by atoms with van der Waals surface area (Å²) in [7, 11) is 0. The third kappa shape index (κ3) is 3.46. The summed E-state index contributed by atoms with van der Waals surface area (Å²) in [5.74, 6) is -4.68. The van der Waals surface area contributed by atoms with E-state index >= 15 is 0 Å². The molecule has 0 spiro atoms.